The number of morpholine rings is 1. The van der Waals surface area contributed by atoms with Gasteiger partial charge >= 0.3 is 5.97 Å². The molecule has 0 spiro atoms. The van der Waals surface area contributed by atoms with E-state index in [0.717, 1.165) is 0 Å². The lowest BCUT2D eigenvalue weighted by atomic mass is 10.1. The van der Waals surface area contributed by atoms with E-state index in [4.69, 9.17) is 21.4 Å². The van der Waals surface area contributed by atoms with Gasteiger partial charge < -0.3 is 14.7 Å². The smallest absolute Gasteiger partial charge is 0.355 e. The lowest BCUT2D eigenvalue weighted by Crippen LogP contribution is -2.37. The molecule has 6 nitrogen and oxygen atoms in total. The number of carboxylic acids is 1. The Morgan fingerprint density at radius 1 is 1.44 bits per heavy atom. The fourth-order valence-corrected chi connectivity index (χ4v) is 2.15. The second kappa shape index (κ2) is 5.49. The van der Waals surface area contributed by atoms with Crippen LogP contribution in [0.5, 0.6) is 0 Å². The third-order valence-corrected chi connectivity index (χ3v) is 2.99. The zero-order valence-corrected chi connectivity index (χ0v) is 10.8. The van der Waals surface area contributed by atoms with Gasteiger partial charge in [0.1, 0.15) is 5.82 Å². The topological polar surface area (TPSA) is 75.5 Å². The Kier molecular flexibility index (Phi) is 3.98. The molecule has 0 atom stereocenters. The van der Waals surface area contributed by atoms with Gasteiger partial charge in [-0.15, -0.1) is 0 Å². The first-order chi connectivity index (χ1) is 8.63. The van der Waals surface area contributed by atoms with Crippen LogP contribution in [-0.2, 0) is 11.2 Å². The van der Waals surface area contributed by atoms with Crippen molar-refractivity contribution in [1.29, 1.82) is 0 Å². The van der Waals surface area contributed by atoms with E-state index in [9.17, 15) is 4.79 Å². The molecule has 2 heterocycles. The molecule has 0 saturated carbocycles. The maximum Gasteiger partial charge on any atom is 0.355 e. The number of carbonyl (C=O) groups is 1. The van der Waals surface area contributed by atoms with Gasteiger partial charge in [0, 0.05) is 18.7 Å². The second-order valence-corrected chi connectivity index (χ2v) is 4.24. The molecule has 1 aromatic heterocycles. The maximum atomic E-state index is 11.2. The molecule has 0 radical (unpaired) electrons. The number of anilines is 1. The summed E-state index contributed by atoms with van der Waals surface area (Å²) in [5.41, 5.74) is 0.604. The highest BCUT2D eigenvalue weighted by atomic mass is 35.5. The second-order valence-electron chi connectivity index (χ2n) is 3.90. The summed E-state index contributed by atoms with van der Waals surface area (Å²) in [7, 11) is 0. The van der Waals surface area contributed by atoms with Crippen molar-refractivity contribution in [3.8, 4) is 0 Å². The van der Waals surface area contributed by atoms with E-state index < -0.39 is 5.97 Å². The van der Waals surface area contributed by atoms with Crippen LogP contribution in [0, 0.1) is 0 Å². The summed E-state index contributed by atoms with van der Waals surface area (Å²) in [6.45, 7) is 4.45. The number of rotatable bonds is 3. The van der Waals surface area contributed by atoms with Gasteiger partial charge in [0.05, 0.1) is 13.2 Å². The van der Waals surface area contributed by atoms with Crippen molar-refractivity contribution >= 4 is 23.4 Å². The first-order valence-electron chi connectivity index (χ1n) is 5.76. The molecule has 0 amide bonds. The molecule has 0 unspecified atom stereocenters. The molecule has 1 N–H and O–H groups in total. The average molecular weight is 272 g/mol. The summed E-state index contributed by atoms with van der Waals surface area (Å²) >= 11 is 5.80. The molecule has 1 fully saturated rings. The predicted molar refractivity (Wildman–Crippen MR) is 66.4 cm³/mol. The van der Waals surface area contributed by atoms with E-state index in [0.29, 0.717) is 44.1 Å². The summed E-state index contributed by atoms with van der Waals surface area (Å²) in [6.07, 6.45) is 0.547. The summed E-state index contributed by atoms with van der Waals surface area (Å²) in [5, 5.41) is 9.12. The minimum atomic E-state index is -1.08. The fraction of sp³-hybridized carbons (Fsp3) is 0.545. The number of ether oxygens (including phenoxy) is 1. The quantitative estimate of drug-likeness (QED) is 0.834. The van der Waals surface area contributed by atoms with E-state index in [1.807, 2.05) is 11.8 Å². The highest BCUT2D eigenvalue weighted by molar-refractivity contribution is 6.28. The van der Waals surface area contributed by atoms with E-state index in [2.05, 4.69) is 9.97 Å². The molecule has 18 heavy (non-hydrogen) atoms. The van der Waals surface area contributed by atoms with Crippen LogP contribution in [0.3, 0.4) is 0 Å². The molecule has 0 aromatic carbocycles. The Morgan fingerprint density at radius 3 is 2.67 bits per heavy atom. The Morgan fingerprint density at radius 2 is 2.11 bits per heavy atom. The van der Waals surface area contributed by atoms with Crippen molar-refractivity contribution in [3.05, 3.63) is 16.5 Å². The number of nitrogens with zero attached hydrogens (tertiary/aromatic N) is 3. The zero-order valence-electron chi connectivity index (χ0n) is 10.0. The number of hydrogen-bond acceptors (Lipinski definition) is 5. The van der Waals surface area contributed by atoms with Crippen LogP contribution >= 0.6 is 11.6 Å². The molecule has 2 rings (SSSR count). The van der Waals surface area contributed by atoms with Gasteiger partial charge in [-0.2, -0.15) is 0 Å². The van der Waals surface area contributed by atoms with E-state index >= 15 is 0 Å². The molecule has 1 aromatic rings. The molecule has 0 aliphatic carbocycles. The normalized spacial score (nSPS) is 15.8. The number of hydrogen-bond donors (Lipinski definition) is 1. The third-order valence-electron chi connectivity index (χ3n) is 2.82. The number of halogens is 1. The van der Waals surface area contributed by atoms with Crippen molar-refractivity contribution in [2.45, 2.75) is 13.3 Å². The molecular weight excluding hydrogens is 258 g/mol. The zero-order chi connectivity index (χ0) is 13.1. The monoisotopic (exact) mass is 271 g/mol. The van der Waals surface area contributed by atoms with Gasteiger partial charge in [-0.25, -0.2) is 14.8 Å². The molecule has 1 aliphatic rings. The predicted octanol–water partition coefficient (Wildman–Crippen LogP) is 1.23. The van der Waals surface area contributed by atoms with Crippen LogP contribution < -0.4 is 4.90 Å². The minimum Gasteiger partial charge on any atom is -0.476 e. The SMILES string of the molecule is CCc1c(C(=O)O)nc(Cl)nc1N1CCOCC1. The van der Waals surface area contributed by atoms with Crippen LogP contribution in [0.15, 0.2) is 0 Å². The highest BCUT2D eigenvalue weighted by Gasteiger charge is 2.22. The van der Waals surface area contributed by atoms with Gasteiger partial charge in [0.15, 0.2) is 5.69 Å². The van der Waals surface area contributed by atoms with E-state index in [1.165, 1.54) is 0 Å². The van der Waals surface area contributed by atoms with Gasteiger partial charge in [0.2, 0.25) is 5.28 Å². The van der Waals surface area contributed by atoms with Crippen molar-refractivity contribution in [2.24, 2.45) is 0 Å². The largest absolute Gasteiger partial charge is 0.476 e. The van der Waals surface area contributed by atoms with Gasteiger partial charge in [0.25, 0.3) is 0 Å². The lowest BCUT2D eigenvalue weighted by Gasteiger charge is -2.29. The molecular formula is C11H14ClN3O3. The summed E-state index contributed by atoms with van der Waals surface area (Å²) in [4.78, 5) is 21.1. The fourth-order valence-electron chi connectivity index (χ4n) is 1.98. The van der Waals surface area contributed by atoms with Crippen molar-refractivity contribution in [2.75, 3.05) is 31.2 Å². The minimum absolute atomic E-state index is 0.0148. The molecule has 7 heteroatoms. The molecule has 0 bridgehead atoms. The van der Waals surface area contributed by atoms with Crippen LogP contribution in [0.25, 0.3) is 0 Å². The average Bonchev–Trinajstić information content (AvgIpc) is 2.38. The standard InChI is InChI=1S/C11H14ClN3O3/c1-2-7-8(10(16)17)13-11(12)14-9(7)15-3-5-18-6-4-15/h2-6H2,1H3,(H,16,17). The van der Waals surface area contributed by atoms with Gasteiger partial charge in [-0.05, 0) is 18.0 Å². The Balaban J connectivity index is 2.47. The van der Waals surface area contributed by atoms with Crippen molar-refractivity contribution < 1.29 is 14.6 Å². The Hall–Kier alpha value is -1.40. The summed E-state index contributed by atoms with van der Waals surface area (Å²) in [5.74, 6) is -0.469. The van der Waals surface area contributed by atoms with E-state index in [1.54, 1.807) is 0 Å². The van der Waals surface area contributed by atoms with Crippen LogP contribution in [0.1, 0.15) is 23.0 Å². The van der Waals surface area contributed by atoms with Crippen LogP contribution in [-0.4, -0.2) is 47.3 Å². The van der Waals surface area contributed by atoms with Crippen molar-refractivity contribution in [1.82, 2.24) is 9.97 Å². The van der Waals surface area contributed by atoms with Gasteiger partial charge in [-0.3, -0.25) is 0 Å². The Labute approximate surface area is 110 Å². The van der Waals surface area contributed by atoms with Gasteiger partial charge in [-0.1, -0.05) is 6.92 Å². The van der Waals surface area contributed by atoms with E-state index in [-0.39, 0.29) is 11.0 Å². The molecule has 1 saturated heterocycles. The molecule has 98 valence electrons. The lowest BCUT2D eigenvalue weighted by molar-refractivity contribution is 0.0689. The first-order valence-corrected chi connectivity index (χ1v) is 6.13. The van der Waals surface area contributed by atoms with Crippen LogP contribution in [0.4, 0.5) is 5.82 Å². The first kappa shape index (κ1) is 13.0. The molecule has 1 aliphatic heterocycles. The summed E-state index contributed by atoms with van der Waals surface area (Å²) in [6, 6.07) is 0. The van der Waals surface area contributed by atoms with Crippen molar-refractivity contribution in [3.63, 3.8) is 0 Å². The number of carboxylic acid groups (broad SMARTS) is 1. The summed E-state index contributed by atoms with van der Waals surface area (Å²) < 4.78 is 5.27. The third kappa shape index (κ3) is 2.54. The van der Waals surface area contributed by atoms with Crippen LogP contribution in [0.2, 0.25) is 5.28 Å². The maximum absolute atomic E-state index is 11.2. The Bertz CT molecular complexity index is 461. The number of aromatic nitrogens is 2. The highest BCUT2D eigenvalue weighted by Crippen LogP contribution is 2.24. The number of aromatic carboxylic acids is 1.